The molecule has 0 atom stereocenters. The minimum atomic E-state index is 0.280. The van der Waals surface area contributed by atoms with Gasteiger partial charge in [-0.3, -0.25) is 9.69 Å². The van der Waals surface area contributed by atoms with Crippen molar-refractivity contribution < 1.29 is 9.53 Å². The predicted molar refractivity (Wildman–Crippen MR) is 95.7 cm³/mol. The molecular weight excluding hydrogens is 290 g/mol. The molecule has 0 aromatic rings. The van der Waals surface area contributed by atoms with Crippen molar-refractivity contribution >= 4 is 5.91 Å². The highest BCUT2D eigenvalue weighted by Gasteiger charge is 2.22. The van der Waals surface area contributed by atoms with Gasteiger partial charge in [-0.05, 0) is 19.4 Å². The Morgan fingerprint density at radius 2 is 1.52 bits per heavy atom. The average Bonchev–Trinajstić information content (AvgIpc) is 2.64. The highest BCUT2D eigenvalue weighted by molar-refractivity contribution is 5.75. The summed E-state index contributed by atoms with van der Waals surface area (Å²) in [4.78, 5) is 18.6. The van der Waals surface area contributed by atoms with Gasteiger partial charge in [0.15, 0.2) is 0 Å². The van der Waals surface area contributed by atoms with E-state index >= 15 is 0 Å². The lowest BCUT2D eigenvalue weighted by atomic mass is 10.1. The first-order chi connectivity index (χ1) is 11.2. The first kappa shape index (κ1) is 20.4. The Morgan fingerprint density at radius 1 is 0.957 bits per heavy atom. The third-order valence-electron chi connectivity index (χ3n) is 4.77. The summed E-state index contributed by atoms with van der Waals surface area (Å²) in [6.07, 6.45) is 2.96. The van der Waals surface area contributed by atoms with E-state index < -0.39 is 0 Å². The molecule has 0 unspecified atom stereocenters. The van der Waals surface area contributed by atoms with Crippen LogP contribution in [0.1, 0.15) is 47.0 Å². The van der Waals surface area contributed by atoms with E-state index in [9.17, 15) is 4.79 Å². The van der Waals surface area contributed by atoms with Crippen LogP contribution in [0.25, 0.3) is 0 Å². The van der Waals surface area contributed by atoms with Gasteiger partial charge in [0.1, 0.15) is 0 Å². The van der Waals surface area contributed by atoms with Crippen LogP contribution in [0.4, 0.5) is 0 Å². The van der Waals surface area contributed by atoms with Crippen LogP contribution in [0.2, 0.25) is 0 Å². The number of piperidine rings is 1. The lowest BCUT2D eigenvalue weighted by molar-refractivity contribution is -0.133. The zero-order valence-electron chi connectivity index (χ0n) is 15.7. The zero-order chi connectivity index (χ0) is 17.1. The van der Waals surface area contributed by atoms with Crippen LogP contribution in [0.5, 0.6) is 0 Å². The van der Waals surface area contributed by atoms with E-state index in [4.69, 9.17) is 4.74 Å². The number of likely N-dealkylation sites (N-methyl/N-ethyl adjacent to an activating group) is 1. The summed E-state index contributed by atoms with van der Waals surface area (Å²) in [5, 5.41) is 0. The first-order valence-corrected chi connectivity index (χ1v) is 9.57. The van der Waals surface area contributed by atoms with Crippen LogP contribution in [-0.2, 0) is 9.53 Å². The summed E-state index contributed by atoms with van der Waals surface area (Å²) >= 11 is 0. The number of piperazine rings is 1. The summed E-state index contributed by atoms with van der Waals surface area (Å²) in [7, 11) is 0. The number of ether oxygens (including phenoxy) is 1. The lowest BCUT2D eigenvalue weighted by Gasteiger charge is -2.35. The van der Waals surface area contributed by atoms with Crippen LogP contribution in [0, 0.1) is 0 Å². The summed E-state index contributed by atoms with van der Waals surface area (Å²) < 4.78 is 6.01. The van der Waals surface area contributed by atoms with Crippen LogP contribution in [0.15, 0.2) is 0 Å². The van der Waals surface area contributed by atoms with E-state index in [1.807, 2.05) is 25.7 Å². The SMILES string of the molecule is CC.CCC(=O)N1CCC(OCCN2CCN(CC)CC2)CC1. The number of hydrogen-bond acceptors (Lipinski definition) is 4. The van der Waals surface area contributed by atoms with E-state index in [-0.39, 0.29) is 5.91 Å². The van der Waals surface area contributed by atoms with Gasteiger partial charge < -0.3 is 14.5 Å². The molecule has 136 valence electrons. The highest BCUT2D eigenvalue weighted by atomic mass is 16.5. The van der Waals surface area contributed by atoms with Crippen molar-refractivity contribution in [2.75, 3.05) is 59.0 Å². The Labute approximate surface area is 142 Å². The molecule has 0 saturated carbocycles. The van der Waals surface area contributed by atoms with E-state index in [1.54, 1.807) is 0 Å². The van der Waals surface area contributed by atoms with Crippen molar-refractivity contribution in [1.82, 2.24) is 14.7 Å². The molecule has 0 radical (unpaired) electrons. The number of amides is 1. The molecular formula is C18H37N3O2. The highest BCUT2D eigenvalue weighted by Crippen LogP contribution is 2.14. The van der Waals surface area contributed by atoms with Gasteiger partial charge in [-0.1, -0.05) is 27.7 Å². The Kier molecular flexibility index (Phi) is 10.5. The van der Waals surface area contributed by atoms with Crippen molar-refractivity contribution in [3.05, 3.63) is 0 Å². The molecule has 2 rings (SSSR count). The molecule has 5 heteroatoms. The van der Waals surface area contributed by atoms with Gasteiger partial charge in [-0.15, -0.1) is 0 Å². The van der Waals surface area contributed by atoms with Crippen molar-refractivity contribution in [2.45, 2.75) is 53.1 Å². The fourth-order valence-corrected chi connectivity index (χ4v) is 3.17. The monoisotopic (exact) mass is 327 g/mol. The van der Waals surface area contributed by atoms with E-state index in [0.29, 0.717) is 12.5 Å². The second kappa shape index (κ2) is 11.8. The van der Waals surface area contributed by atoms with E-state index in [1.165, 1.54) is 32.7 Å². The smallest absolute Gasteiger partial charge is 0.222 e. The van der Waals surface area contributed by atoms with Crippen molar-refractivity contribution in [3.63, 3.8) is 0 Å². The van der Waals surface area contributed by atoms with Gasteiger partial charge in [-0.2, -0.15) is 0 Å². The second-order valence-corrected chi connectivity index (χ2v) is 6.08. The fraction of sp³-hybridized carbons (Fsp3) is 0.944. The fourth-order valence-electron chi connectivity index (χ4n) is 3.17. The van der Waals surface area contributed by atoms with Crippen LogP contribution in [0.3, 0.4) is 0 Å². The number of carbonyl (C=O) groups is 1. The number of nitrogens with zero attached hydrogens (tertiary/aromatic N) is 3. The molecule has 2 fully saturated rings. The predicted octanol–water partition coefficient (Wildman–Crippen LogP) is 2.07. The molecule has 5 nitrogen and oxygen atoms in total. The van der Waals surface area contributed by atoms with Crippen LogP contribution >= 0.6 is 0 Å². The largest absolute Gasteiger partial charge is 0.377 e. The Hall–Kier alpha value is -0.650. The maximum absolute atomic E-state index is 11.6. The third-order valence-corrected chi connectivity index (χ3v) is 4.77. The molecule has 2 aliphatic heterocycles. The molecule has 0 bridgehead atoms. The number of hydrogen-bond donors (Lipinski definition) is 0. The zero-order valence-corrected chi connectivity index (χ0v) is 15.7. The van der Waals surface area contributed by atoms with E-state index in [0.717, 1.165) is 39.1 Å². The molecule has 0 spiro atoms. The molecule has 1 amide bonds. The molecule has 0 aliphatic carbocycles. The standard InChI is InChI=1S/C16H31N3O2.C2H6/c1-3-16(20)19-7-5-15(6-8-19)21-14-13-18-11-9-17(4-2)10-12-18;1-2/h15H,3-14H2,1-2H3;1-2H3. The molecule has 2 heterocycles. The summed E-state index contributed by atoms with van der Waals surface area (Å²) in [5.41, 5.74) is 0. The normalized spacial score (nSPS) is 21.0. The van der Waals surface area contributed by atoms with Gasteiger partial charge in [0, 0.05) is 52.2 Å². The molecule has 0 N–H and O–H groups in total. The quantitative estimate of drug-likeness (QED) is 0.748. The maximum Gasteiger partial charge on any atom is 0.222 e. The van der Waals surface area contributed by atoms with Gasteiger partial charge in [0.05, 0.1) is 12.7 Å². The van der Waals surface area contributed by atoms with Gasteiger partial charge in [0.2, 0.25) is 5.91 Å². The minimum absolute atomic E-state index is 0.280. The Bertz CT molecular complexity index is 309. The number of rotatable bonds is 6. The lowest BCUT2D eigenvalue weighted by Crippen LogP contribution is -2.47. The Morgan fingerprint density at radius 3 is 2.04 bits per heavy atom. The molecule has 2 saturated heterocycles. The van der Waals surface area contributed by atoms with Gasteiger partial charge in [-0.25, -0.2) is 0 Å². The van der Waals surface area contributed by atoms with Gasteiger partial charge in [0.25, 0.3) is 0 Å². The Balaban J connectivity index is 0.00000127. The van der Waals surface area contributed by atoms with Crippen molar-refractivity contribution in [2.24, 2.45) is 0 Å². The third kappa shape index (κ3) is 7.19. The summed E-state index contributed by atoms with van der Waals surface area (Å²) in [5.74, 6) is 0.280. The number of carbonyl (C=O) groups excluding carboxylic acids is 1. The minimum Gasteiger partial charge on any atom is -0.377 e. The second-order valence-electron chi connectivity index (χ2n) is 6.08. The maximum atomic E-state index is 11.6. The first-order valence-electron chi connectivity index (χ1n) is 9.57. The van der Waals surface area contributed by atoms with Crippen molar-refractivity contribution in [3.8, 4) is 0 Å². The van der Waals surface area contributed by atoms with E-state index in [2.05, 4.69) is 16.7 Å². The van der Waals surface area contributed by atoms with Gasteiger partial charge >= 0.3 is 0 Å². The molecule has 23 heavy (non-hydrogen) atoms. The topological polar surface area (TPSA) is 36.0 Å². The van der Waals surface area contributed by atoms with Crippen LogP contribution < -0.4 is 0 Å². The van der Waals surface area contributed by atoms with Crippen LogP contribution in [-0.4, -0.2) is 85.7 Å². The summed E-state index contributed by atoms with van der Waals surface area (Å²) in [6, 6.07) is 0. The molecule has 2 aliphatic rings. The summed E-state index contributed by atoms with van der Waals surface area (Å²) in [6.45, 7) is 17.7. The molecule has 0 aromatic heterocycles. The van der Waals surface area contributed by atoms with Crippen molar-refractivity contribution in [1.29, 1.82) is 0 Å². The molecule has 0 aromatic carbocycles. The number of likely N-dealkylation sites (tertiary alicyclic amines) is 1. The average molecular weight is 328 g/mol.